The SMILES string of the molecule is O=C(Nc1cccc2c1CCCC2)C1CC(F)(F)CN1. The number of amides is 1. The molecule has 0 aromatic heterocycles. The first-order chi connectivity index (χ1) is 9.55. The summed E-state index contributed by atoms with van der Waals surface area (Å²) in [5, 5.41) is 5.40. The Morgan fingerprint density at radius 2 is 2.10 bits per heavy atom. The van der Waals surface area contributed by atoms with E-state index >= 15 is 0 Å². The Morgan fingerprint density at radius 3 is 2.85 bits per heavy atom. The molecule has 1 aliphatic heterocycles. The van der Waals surface area contributed by atoms with E-state index in [9.17, 15) is 13.6 Å². The molecule has 1 atom stereocenters. The molecule has 1 aromatic carbocycles. The largest absolute Gasteiger partial charge is 0.324 e. The Bertz CT molecular complexity index is 531. The van der Waals surface area contributed by atoms with E-state index < -0.39 is 24.9 Å². The zero-order valence-corrected chi connectivity index (χ0v) is 11.2. The van der Waals surface area contributed by atoms with E-state index in [1.54, 1.807) is 0 Å². The molecule has 1 heterocycles. The fraction of sp³-hybridized carbons (Fsp3) is 0.533. The predicted molar refractivity (Wildman–Crippen MR) is 73.1 cm³/mol. The van der Waals surface area contributed by atoms with Gasteiger partial charge in [0.25, 0.3) is 5.92 Å². The lowest BCUT2D eigenvalue weighted by atomic mass is 9.90. The van der Waals surface area contributed by atoms with Crippen LogP contribution in [0.1, 0.15) is 30.4 Å². The molecular weight excluding hydrogens is 262 g/mol. The van der Waals surface area contributed by atoms with Crippen LogP contribution in [0.15, 0.2) is 18.2 Å². The number of benzene rings is 1. The van der Waals surface area contributed by atoms with Crippen molar-refractivity contribution in [2.45, 2.75) is 44.1 Å². The van der Waals surface area contributed by atoms with Gasteiger partial charge in [0.15, 0.2) is 0 Å². The van der Waals surface area contributed by atoms with Crippen molar-refractivity contribution >= 4 is 11.6 Å². The van der Waals surface area contributed by atoms with E-state index in [4.69, 9.17) is 0 Å². The second-order valence-electron chi connectivity index (χ2n) is 5.63. The first-order valence-electron chi connectivity index (χ1n) is 7.08. The molecule has 2 aliphatic rings. The summed E-state index contributed by atoms with van der Waals surface area (Å²) >= 11 is 0. The normalized spacial score (nSPS) is 24.2. The van der Waals surface area contributed by atoms with Crippen molar-refractivity contribution in [3.8, 4) is 0 Å². The van der Waals surface area contributed by atoms with E-state index in [2.05, 4.69) is 16.7 Å². The number of rotatable bonds is 2. The smallest absolute Gasteiger partial charge is 0.262 e. The first kappa shape index (κ1) is 13.5. The van der Waals surface area contributed by atoms with Crippen LogP contribution in [0.5, 0.6) is 0 Å². The van der Waals surface area contributed by atoms with Gasteiger partial charge in [0, 0.05) is 12.1 Å². The maximum atomic E-state index is 13.1. The summed E-state index contributed by atoms with van der Waals surface area (Å²) < 4.78 is 26.2. The van der Waals surface area contributed by atoms with Crippen LogP contribution in [0, 0.1) is 0 Å². The van der Waals surface area contributed by atoms with Crippen molar-refractivity contribution in [2.24, 2.45) is 0 Å². The average Bonchev–Trinajstić information content (AvgIpc) is 2.80. The fourth-order valence-electron chi connectivity index (χ4n) is 3.02. The highest BCUT2D eigenvalue weighted by Gasteiger charge is 2.42. The molecule has 5 heteroatoms. The Balaban J connectivity index is 1.74. The number of anilines is 1. The molecule has 1 aromatic rings. The molecule has 0 spiro atoms. The number of fused-ring (bicyclic) bond motifs is 1. The van der Waals surface area contributed by atoms with E-state index in [-0.39, 0.29) is 5.91 Å². The van der Waals surface area contributed by atoms with Crippen LogP contribution in [0.2, 0.25) is 0 Å². The Hall–Kier alpha value is -1.49. The number of aryl methyl sites for hydroxylation is 1. The van der Waals surface area contributed by atoms with E-state index in [0.29, 0.717) is 0 Å². The van der Waals surface area contributed by atoms with Crippen LogP contribution < -0.4 is 10.6 Å². The van der Waals surface area contributed by atoms with Gasteiger partial charge in [-0.1, -0.05) is 12.1 Å². The molecule has 3 nitrogen and oxygen atoms in total. The Labute approximate surface area is 116 Å². The van der Waals surface area contributed by atoms with Gasteiger partial charge in [0.05, 0.1) is 12.6 Å². The van der Waals surface area contributed by atoms with Gasteiger partial charge in [-0.15, -0.1) is 0 Å². The van der Waals surface area contributed by atoms with Crippen LogP contribution >= 0.6 is 0 Å². The topological polar surface area (TPSA) is 41.1 Å². The molecule has 0 saturated carbocycles. The molecular formula is C15H18F2N2O. The predicted octanol–water partition coefficient (Wildman–Crippen LogP) is 2.50. The minimum absolute atomic E-state index is 0.360. The highest BCUT2D eigenvalue weighted by Crippen LogP contribution is 2.29. The lowest BCUT2D eigenvalue weighted by molar-refractivity contribution is -0.118. The summed E-state index contributed by atoms with van der Waals surface area (Å²) in [6, 6.07) is 5.04. The Kier molecular flexibility index (Phi) is 3.46. The lowest BCUT2D eigenvalue weighted by Gasteiger charge is -2.20. The molecule has 1 amide bonds. The van der Waals surface area contributed by atoms with Crippen molar-refractivity contribution in [3.63, 3.8) is 0 Å². The number of hydrogen-bond donors (Lipinski definition) is 2. The average molecular weight is 280 g/mol. The molecule has 20 heavy (non-hydrogen) atoms. The van der Waals surface area contributed by atoms with Gasteiger partial charge < -0.3 is 5.32 Å². The number of alkyl halides is 2. The quantitative estimate of drug-likeness (QED) is 0.874. The second kappa shape index (κ2) is 5.13. The molecule has 0 bridgehead atoms. The molecule has 108 valence electrons. The summed E-state index contributed by atoms with van der Waals surface area (Å²) in [5.74, 6) is -3.14. The highest BCUT2D eigenvalue weighted by molar-refractivity contribution is 5.96. The third kappa shape index (κ3) is 2.68. The van der Waals surface area contributed by atoms with Crippen molar-refractivity contribution < 1.29 is 13.6 Å². The van der Waals surface area contributed by atoms with E-state index in [1.165, 1.54) is 12.0 Å². The fourth-order valence-corrected chi connectivity index (χ4v) is 3.02. The number of halogens is 2. The molecule has 0 radical (unpaired) electrons. The number of nitrogens with one attached hydrogen (secondary N) is 2. The van der Waals surface area contributed by atoms with Gasteiger partial charge in [0.2, 0.25) is 5.91 Å². The van der Waals surface area contributed by atoms with Crippen LogP contribution in [0.3, 0.4) is 0 Å². The van der Waals surface area contributed by atoms with Gasteiger partial charge in [-0.25, -0.2) is 8.78 Å². The Morgan fingerprint density at radius 1 is 1.30 bits per heavy atom. The maximum Gasteiger partial charge on any atom is 0.262 e. The van der Waals surface area contributed by atoms with Crippen molar-refractivity contribution in [1.82, 2.24) is 5.32 Å². The van der Waals surface area contributed by atoms with Gasteiger partial charge in [0.1, 0.15) is 0 Å². The summed E-state index contributed by atoms with van der Waals surface area (Å²) in [6.45, 7) is -0.419. The van der Waals surface area contributed by atoms with Crippen LogP contribution in [0.25, 0.3) is 0 Å². The second-order valence-corrected chi connectivity index (χ2v) is 5.63. The van der Waals surface area contributed by atoms with Crippen molar-refractivity contribution in [2.75, 3.05) is 11.9 Å². The minimum Gasteiger partial charge on any atom is -0.324 e. The molecule has 1 unspecified atom stereocenters. The number of carbonyl (C=O) groups is 1. The minimum atomic E-state index is -2.78. The summed E-state index contributed by atoms with van der Waals surface area (Å²) in [6.07, 6.45) is 3.83. The summed E-state index contributed by atoms with van der Waals surface area (Å²) in [7, 11) is 0. The highest BCUT2D eigenvalue weighted by atomic mass is 19.3. The third-order valence-electron chi connectivity index (χ3n) is 4.08. The molecule has 1 aliphatic carbocycles. The maximum absolute atomic E-state index is 13.1. The van der Waals surface area contributed by atoms with Crippen LogP contribution in [-0.2, 0) is 17.6 Å². The van der Waals surface area contributed by atoms with Crippen molar-refractivity contribution in [3.05, 3.63) is 29.3 Å². The first-order valence-corrected chi connectivity index (χ1v) is 7.08. The zero-order chi connectivity index (χ0) is 14.2. The van der Waals surface area contributed by atoms with Gasteiger partial charge in [-0.2, -0.15) is 0 Å². The molecule has 1 fully saturated rings. The standard InChI is InChI=1S/C15H18F2N2O/c16-15(17)8-13(18-9-15)14(20)19-12-7-3-5-10-4-1-2-6-11(10)12/h3,5,7,13,18H,1-2,4,6,8-9H2,(H,19,20). The molecule has 3 rings (SSSR count). The van der Waals surface area contributed by atoms with Crippen LogP contribution in [-0.4, -0.2) is 24.4 Å². The zero-order valence-electron chi connectivity index (χ0n) is 11.2. The third-order valence-corrected chi connectivity index (χ3v) is 4.08. The number of carbonyl (C=O) groups excluding carboxylic acids is 1. The lowest BCUT2D eigenvalue weighted by Crippen LogP contribution is -2.35. The van der Waals surface area contributed by atoms with Gasteiger partial charge in [-0.05, 0) is 42.9 Å². The number of hydrogen-bond acceptors (Lipinski definition) is 2. The molecule has 1 saturated heterocycles. The van der Waals surface area contributed by atoms with E-state index in [0.717, 1.165) is 30.5 Å². The summed E-state index contributed by atoms with van der Waals surface area (Å²) in [5.41, 5.74) is 3.21. The van der Waals surface area contributed by atoms with Crippen LogP contribution in [0.4, 0.5) is 14.5 Å². The van der Waals surface area contributed by atoms with Crippen molar-refractivity contribution in [1.29, 1.82) is 0 Å². The van der Waals surface area contributed by atoms with E-state index in [1.807, 2.05) is 12.1 Å². The monoisotopic (exact) mass is 280 g/mol. The summed E-state index contributed by atoms with van der Waals surface area (Å²) in [4.78, 5) is 12.1. The molecule has 2 N–H and O–H groups in total. The van der Waals surface area contributed by atoms with Gasteiger partial charge in [-0.3, -0.25) is 10.1 Å². The van der Waals surface area contributed by atoms with Gasteiger partial charge >= 0.3 is 0 Å².